The number of nitrogens with zero attached hydrogens (tertiary/aromatic N) is 3. The van der Waals surface area contributed by atoms with Gasteiger partial charge in [0.15, 0.2) is 0 Å². The molecule has 2 rings (SSSR count). The molecule has 1 fully saturated rings. The van der Waals surface area contributed by atoms with E-state index in [0.717, 1.165) is 24.2 Å². The van der Waals surface area contributed by atoms with Gasteiger partial charge >= 0.3 is 5.97 Å². The number of carbonyl (C=O) groups is 1. The lowest BCUT2D eigenvalue weighted by Gasteiger charge is -2.31. The Morgan fingerprint density at radius 2 is 2.26 bits per heavy atom. The van der Waals surface area contributed by atoms with Crippen LogP contribution < -0.4 is 4.72 Å². The van der Waals surface area contributed by atoms with Gasteiger partial charge in [0, 0.05) is 26.6 Å². The maximum atomic E-state index is 12.4. The van der Waals surface area contributed by atoms with E-state index in [1.807, 2.05) is 13.0 Å². The van der Waals surface area contributed by atoms with E-state index in [2.05, 4.69) is 14.6 Å². The largest absolute Gasteiger partial charge is 0.469 e. The van der Waals surface area contributed by atoms with Crippen LogP contribution in [0.3, 0.4) is 0 Å². The molecule has 1 aliphatic rings. The number of rotatable bonds is 6. The van der Waals surface area contributed by atoms with E-state index < -0.39 is 10.2 Å². The maximum Gasteiger partial charge on any atom is 0.305 e. The molecule has 23 heavy (non-hydrogen) atoms. The molecule has 1 N–H and O–H groups in total. The number of hydrogen-bond donors (Lipinski definition) is 1. The molecule has 2 heterocycles. The second-order valence-electron chi connectivity index (χ2n) is 5.87. The predicted molar refractivity (Wildman–Crippen MR) is 84.6 cm³/mol. The third-order valence-corrected chi connectivity index (χ3v) is 5.56. The normalized spacial score (nSPS) is 19.7. The van der Waals surface area contributed by atoms with Gasteiger partial charge in [-0.3, -0.25) is 9.48 Å². The molecule has 1 unspecified atom stereocenters. The molecule has 0 amide bonds. The van der Waals surface area contributed by atoms with Crippen molar-refractivity contribution < 1.29 is 17.9 Å². The van der Waals surface area contributed by atoms with Crippen molar-refractivity contribution in [2.24, 2.45) is 13.0 Å². The summed E-state index contributed by atoms with van der Waals surface area (Å²) in [7, 11) is -0.448. The lowest BCUT2D eigenvalue weighted by molar-refractivity contribution is -0.142. The van der Waals surface area contributed by atoms with Crippen LogP contribution >= 0.6 is 0 Å². The highest BCUT2D eigenvalue weighted by molar-refractivity contribution is 7.87. The molecule has 1 saturated heterocycles. The van der Waals surface area contributed by atoms with Crippen molar-refractivity contribution in [1.29, 1.82) is 0 Å². The fourth-order valence-corrected chi connectivity index (χ4v) is 4.11. The van der Waals surface area contributed by atoms with Gasteiger partial charge in [0.05, 0.1) is 25.0 Å². The van der Waals surface area contributed by atoms with Crippen LogP contribution in [0.1, 0.15) is 30.7 Å². The molecule has 0 radical (unpaired) electrons. The number of aryl methyl sites for hydroxylation is 2. The van der Waals surface area contributed by atoms with Gasteiger partial charge in [-0.2, -0.15) is 22.5 Å². The van der Waals surface area contributed by atoms with E-state index in [4.69, 9.17) is 0 Å². The molecule has 8 nitrogen and oxygen atoms in total. The van der Waals surface area contributed by atoms with Gasteiger partial charge in [-0.25, -0.2) is 0 Å². The number of piperidine rings is 1. The van der Waals surface area contributed by atoms with Crippen LogP contribution in [-0.2, 0) is 33.3 Å². The summed E-state index contributed by atoms with van der Waals surface area (Å²) in [4.78, 5) is 11.4. The standard InChI is InChI=1S/C14H24N4O4S/c1-11-7-13(17(2)16-11)9-15-23(20,21)18-6-4-5-12(10-18)8-14(19)22-3/h7,12,15H,4-6,8-10H2,1-3H3. The highest BCUT2D eigenvalue weighted by Crippen LogP contribution is 2.22. The molecular weight excluding hydrogens is 320 g/mol. The summed E-state index contributed by atoms with van der Waals surface area (Å²) in [5, 5.41) is 4.20. The number of carbonyl (C=O) groups excluding carboxylic acids is 1. The third kappa shape index (κ3) is 4.76. The van der Waals surface area contributed by atoms with E-state index >= 15 is 0 Å². The number of ether oxygens (including phenoxy) is 1. The van der Waals surface area contributed by atoms with Crippen LogP contribution in [-0.4, -0.2) is 48.7 Å². The molecule has 1 aromatic heterocycles. The Labute approximate surface area is 137 Å². The second-order valence-corrected chi connectivity index (χ2v) is 7.63. The van der Waals surface area contributed by atoms with Crippen LogP contribution in [0, 0.1) is 12.8 Å². The first kappa shape index (κ1) is 17.9. The molecular formula is C14H24N4O4S. The van der Waals surface area contributed by atoms with Gasteiger partial charge in [0.2, 0.25) is 0 Å². The van der Waals surface area contributed by atoms with E-state index in [0.29, 0.717) is 13.1 Å². The summed E-state index contributed by atoms with van der Waals surface area (Å²) in [5.41, 5.74) is 1.65. The summed E-state index contributed by atoms with van der Waals surface area (Å²) in [6.07, 6.45) is 1.83. The quantitative estimate of drug-likeness (QED) is 0.751. The predicted octanol–water partition coefficient (Wildman–Crippen LogP) is 0.338. The minimum absolute atomic E-state index is 0.00622. The van der Waals surface area contributed by atoms with Crippen LogP contribution in [0.4, 0.5) is 0 Å². The van der Waals surface area contributed by atoms with E-state index in [1.165, 1.54) is 11.4 Å². The lowest BCUT2D eigenvalue weighted by Crippen LogP contribution is -2.46. The van der Waals surface area contributed by atoms with Gasteiger partial charge in [0.1, 0.15) is 0 Å². The molecule has 1 atom stereocenters. The number of nitrogens with one attached hydrogen (secondary N) is 1. The van der Waals surface area contributed by atoms with Crippen molar-refractivity contribution in [3.8, 4) is 0 Å². The Morgan fingerprint density at radius 3 is 2.87 bits per heavy atom. The van der Waals surface area contributed by atoms with E-state index in [1.54, 1.807) is 11.7 Å². The summed E-state index contributed by atoms with van der Waals surface area (Å²) < 4.78 is 35.2. The number of esters is 1. The van der Waals surface area contributed by atoms with Crippen molar-refractivity contribution >= 4 is 16.2 Å². The second kappa shape index (κ2) is 7.41. The number of methoxy groups -OCH3 is 1. The fraction of sp³-hybridized carbons (Fsp3) is 0.714. The van der Waals surface area contributed by atoms with Crippen molar-refractivity contribution in [3.05, 3.63) is 17.5 Å². The van der Waals surface area contributed by atoms with Gasteiger partial charge in [-0.05, 0) is 31.7 Å². The van der Waals surface area contributed by atoms with Crippen molar-refractivity contribution in [2.75, 3.05) is 20.2 Å². The smallest absolute Gasteiger partial charge is 0.305 e. The van der Waals surface area contributed by atoms with Gasteiger partial charge in [-0.15, -0.1) is 0 Å². The third-order valence-electron chi connectivity index (χ3n) is 4.04. The fourth-order valence-electron chi connectivity index (χ4n) is 2.82. The first-order valence-electron chi connectivity index (χ1n) is 7.63. The summed E-state index contributed by atoms with van der Waals surface area (Å²) in [5.74, 6) is -0.292. The highest BCUT2D eigenvalue weighted by Gasteiger charge is 2.30. The van der Waals surface area contributed by atoms with Crippen LogP contribution in [0.15, 0.2) is 6.07 Å². The van der Waals surface area contributed by atoms with Crippen molar-refractivity contribution in [2.45, 2.75) is 32.7 Å². The molecule has 0 aliphatic carbocycles. The molecule has 130 valence electrons. The monoisotopic (exact) mass is 344 g/mol. The zero-order chi connectivity index (χ0) is 17.0. The Bertz CT molecular complexity index is 656. The van der Waals surface area contributed by atoms with Crippen LogP contribution in [0.5, 0.6) is 0 Å². The molecule has 0 aromatic carbocycles. The van der Waals surface area contributed by atoms with E-state index in [-0.39, 0.29) is 24.9 Å². The maximum absolute atomic E-state index is 12.4. The highest BCUT2D eigenvalue weighted by atomic mass is 32.2. The zero-order valence-electron chi connectivity index (χ0n) is 13.8. The lowest BCUT2D eigenvalue weighted by atomic mass is 9.96. The van der Waals surface area contributed by atoms with Crippen molar-refractivity contribution in [3.63, 3.8) is 0 Å². The summed E-state index contributed by atoms with van der Waals surface area (Å²) in [6, 6.07) is 1.85. The van der Waals surface area contributed by atoms with Crippen LogP contribution in [0.2, 0.25) is 0 Å². The number of aromatic nitrogens is 2. The van der Waals surface area contributed by atoms with Gasteiger partial charge in [0.25, 0.3) is 10.2 Å². The SMILES string of the molecule is COC(=O)CC1CCCN(S(=O)(=O)NCc2cc(C)nn2C)C1. The van der Waals surface area contributed by atoms with Gasteiger partial charge < -0.3 is 4.74 Å². The van der Waals surface area contributed by atoms with Crippen molar-refractivity contribution in [1.82, 2.24) is 18.8 Å². The van der Waals surface area contributed by atoms with Crippen LogP contribution in [0.25, 0.3) is 0 Å². The zero-order valence-corrected chi connectivity index (χ0v) is 14.6. The first-order chi connectivity index (χ1) is 10.8. The summed E-state index contributed by atoms with van der Waals surface area (Å²) >= 11 is 0. The molecule has 0 bridgehead atoms. The molecule has 1 aromatic rings. The first-order valence-corrected chi connectivity index (χ1v) is 9.07. The molecule has 0 spiro atoms. The minimum Gasteiger partial charge on any atom is -0.469 e. The average Bonchev–Trinajstić information content (AvgIpc) is 2.83. The Hall–Kier alpha value is -1.45. The summed E-state index contributed by atoms with van der Waals surface area (Å²) in [6.45, 7) is 2.87. The Kier molecular flexibility index (Phi) is 5.77. The topological polar surface area (TPSA) is 93.5 Å². The molecule has 9 heteroatoms. The molecule has 1 aliphatic heterocycles. The minimum atomic E-state index is -3.57. The Morgan fingerprint density at radius 1 is 1.52 bits per heavy atom. The average molecular weight is 344 g/mol. The molecule has 0 saturated carbocycles. The van der Waals surface area contributed by atoms with Gasteiger partial charge in [-0.1, -0.05) is 0 Å². The Balaban J connectivity index is 1.95. The number of hydrogen-bond acceptors (Lipinski definition) is 5. The van der Waals surface area contributed by atoms with E-state index in [9.17, 15) is 13.2 Å².